The van der Waals surface area contributed by atoms with Crippen molar-refractivity contribution in [2.75, 3.05) is 0 Å². The van der Waals surface area contributed by atoms with Gasteiger partial charge in [-0.2, -0.15) is 0 Å². The molecule has 0 aliphatic rings. The summed E-state index contributed by atoms with van der Waals surface area (Å²) in [5.41, 5.74) is 2.40. The number of hydrogen-bond donors (Lipinski definition) is 1. The van der Waals surface area contributed by atoms with Gasteiger partial charge in [-0.1, -0.05) is 49.4 Å². The van der Waals surface area contributed by atoms with E-state index in [0.29, 0.717) is 17.2 Å². The summed E-state index contributed by atoms with van der Waals surface area (Å²) in [7, 11) is 0. The minimum atomic E-state index is -0.125. The van der Waals surface area contributed by atoms with Crippen LogP contribution in [-0.2, 0) is 0 Å². The van der Waals surface area contributed by atoms with Crippen LogP contribution in [-0.4, -0.2) is 5.91 Å². The van der Waals surface area contributed by atoms with Gasteiger partial charge in [-0.05, 0) is 42.2 Å². The highest BCUT2D eigenvalue weighted by molar-refractivity contribution is 9.10. The van der Waals surface area contributed by atoms with Crippen LogP contribution in [0.2, 0.25) is 0 Å². The van der Waals surface area contributed by atoms with Gasteiger partial charge < -0.3 is 5.32 Å². The average Bonchev–Trinajstić information content (AvgIpc) is 2.36. The summed E-state index contributed by atoms with van der Waals surface area (Å²) >= 11 is 3.35. The largest absolute Gasteiger partial charge is 0.322 e. The molecule has 19 heavy (non-hydrogen) atoms. The number of carbonyl (C=O) groups excluding carboxylic acids is 1. The number of benzene rings is 1. The summed E-state index contributed by atoms with van der Waals surface area (Å²) in [6.45, 7) is 10.2. The lowest BCUT2D eigenvalue weighted by molar-refractivity contribution is 0.0966. The maximum atomic E-state index is 12.1. The van der Waals surface area contributed by atoms with E-state index >= 15 is 0 Å². The van der Waals surface area contributed by atoms with Gasteiger partial charge in [0.1, 0.15) is 0 Å². The Balaban J connectivity index is 2.79. The van der Waals surface area contributed by atoms with Crippen molar-refractivity contribution in [3.05, 3.63) is 58.2 Å². The number of rotatable bonds is 5. The molecule has 2 nitrogen and oxygen atoms in total. The first kappa shape index (κ1) is 15.7. The van der Waals surface area contributed by atoms with Crippen LogP contribution in [0.3, 0.4) is 0 Å². The number of hydrogen-bond acceptors (Lipinski definition) is 1. The van der Waals surface area contributed by atoms with Gasteiger partial charge in [0.15, 0.2) is 0 Å². The van der Waals surface area contributed by atoms with Crippen LogP contribution in [0.5, 0.6) is 0 Å². The lowest BCUT2D eigenvalue weighted by Crippen LogP contribution is -2.24. The van der Waals surface area contributed by atoms with Crippen molar-refractivity contribution in [1.82, 2.24) is 5.32 Å². The fourth-order valence-corrected chi connectivity index (χ4v) is 2.07. The Kier molecular flexibility index (Phi) is 6.03. The molecule has 1 aromatic carbocycles. The Morgan fingerprint density at radius 3 is 2.42 bits per heavy atom. The molecular formula is C16H20BrNO. The molecule has 0 bridgehead atoms. The maximum absolute atomic E-state index is 12.1. The Hall–Kier alpha value is -1.35. The Morgan fingerprint density at radius 1 is 1.37 bits per heavy atom. The second kappa shape index (κ2) is 7.29. The average molecular weight is 322 g/mol. The second-order valence-electron chi connectivity index (χ2n) is 4.66. The Bertz CT molecular complexity index is 486. The van der Waals surface area contributed by atoms with E-state index in [4.69, 9.17) is 0 Å². The highest BCUT2D eigenvalue weighted by Gasteiger charge is 2.11. The van der Waals surface area contributed by atoms with Gasteiger partial charge in [-0.15, -0.1) is 0 Å². The van der Waals surface area contributed by atoms with Crippen molar-refractivity contribution in [3.8, 4) is 0 Å². The SMILES string of the molecule is C=C(NC(=O)c1ccc(Br)cc1)/C(=C\CC)C(C)C. The third-order valence-electron chi connectivity index (χ3n) is 2.77. The third-order valence-corrected chi connectivity index (χ3v) is 3.29. The fraction of sp³-hybridized carbons (Fsp3) is 0.312. The van der Waals surface area contributed by atoms with Gasteiger partial charge in [0.05, 0.1) is 0 Å². The van der Waals surface area contributed by atoms with Crippen LogP contribution >= 0.6 is 15.9 Å². The van der Waals surface area contributed by atoms with Crippen molar-refractivity contribution >= 4 is 21.8 Å². The molecule has 0 aliphatic carbocycles. The van der Waals surface area contributed by atoms with Crippen molar-refractivity contribution in [2.24, 2.45) is 5.92 Å². The second-order valence-corrected chi connectivity index (χ2v) is 5.58. The molecule has 0 saturated heterocycles. The highest BCUT2D eigenvalue weighted by Crippen LogP contribution is 2.18. The van der Waals surface area contributed by atoms with Crippen molar-refractivity contribution in [3.63, 3.8) is 0 Å². The summed E-state index contributed by atoms with van der Waals surface area (Å²) in [4.78, 5) is 12.1. The normalized spacial score (nSPS) is 11.5. The molecule has 0 unspecified atom stereocenters. The quantitative estimate of drug-likeness (QED) is 0.783. The number of nitrogens with one attached hydrogen (secondary N) is 1. The molecule has 3 heteroatoms. The predicted octanol–water partition coefficient (Wildman–Crippen LogP) is 4.69. The van der Waals surface area contributed by atoms with Gasteiger partial charge in [0.2, 0.25) is 0 Å². The Labute approximate surface area is 123 Å². The standard InChI is InChI=1S/C16H20BrNO/c1-5-6-15(11(2)3)12(4)18-16(19)13-7-9-14(17)10-8-13/h6-11H,4-5H2,1-3H3,(H,18,19)/b15-6-. The van der Waals surface area contributed by atoms with E-state index in [-0.39, 0.29) is 5.91 Å². The van der Waals surface area contributed by atoms with Crippen molar-refractivity contribution in [1.29, 1.82) is 0 Å². The first-order valence-corrected chi connectivity index (χ1v) is 7.21. The minimum Gasteiger partial charge on any atom is -0.322 e. The van der Waals surface area contributed by atoms with Crippen LogP contribution in [0, 0.1) is 5.92 Å². The summed E-state index contributed by atoms with van der Waals surface area (Å²) < 4.78 is 0.955. The van der Waals surface area contributed by atoms with E-state index in [1.54, 1.807) is 12.1 Å². The van der Waals surface area contributed by atoms with E-state index in [1.165, 1.54) is 0 Å². The van der Waals surface area contributed by atoms with Crippen LogP contribution in [0.25, 0.3) is 0 Å². The topological polar surface area (TPSA) is 29.1 Å². The number of allylic oxidation sites excluding steroid dienone is 2. The minimum absolute atomic E-state index is 0.125. The Morgan fingerprint density at radius 2 is 1.95 bits per heavy atom. The van der Waals surface area contributed by atoms with Gasteiger partial charge in [0, 0.05) is 15.7 Å². The molecule has 0 spiro atoms. The summed E-state index contributed by atoms with van der Waals surface area (Å²) in [5.74, 6) is 0.220. The van der Waals surface area contributed by atoms with E-state index in [1.807, 2.05) is 12.1 Å². The molecule has 0 saturated carbocycles. The first-order valence-electron chi connectivity index (χ1n) is 6.42. The molecule has 0 aliphatic heterocycles. The van der Waals surface area contributed by atoms with E-state index in [9.17, 15) is 4.79 Å². The summed E-state index contributed by atoms with van der Waals surface area (Å²) in [6, 6.07) is 7.27. The van der Waals surface area contributed by atoms with Crippen molar-refractivity contribution in [2.45, 2.75) is 27.2 Å². The van der Waals surface area contributed by atoms with Crippen LogP contribution < -0.4 is 5.32 Å². The molecule has 1 amide bonds. The van der Waals surface area contributed by atoms with E-state index < -0.39 is 0 Å². The first-order chi connectivity index (χ1) is 8.95. The predicted molar refractivity (Wildman–Crippen MR) is 84.0 cm³/mol. The zero-order chi connectivity index (χ0) is 14.4. The maximum Gasteiger partial charge on any atom is 0.255 e. The molecule has 0 heterocycles. The van der Waals surface area contributed by atoms with Crippen LogP contribution in [0.1, 0.15) is 37.6 Å². The molecule has 102 valence electrons. The third kappa shape index (κ3) is 4.67. The molecule has 1 rings (SSSR count). The lowest BCUT2D eigenvalue weighted by atomic mass is 9.99. The molecule has 1 N–H and O–H groups in total. The number of amides is 1. The van der Waals surface area contributed by atoms with Crippen LogP contribution in [0.4, 0.5) is 0 Å². The van der Waals surface area contributed by atoms with Crippen LogP contribution in [0.15, 0.2) is 52.7 Å². The summed E-state index contributed by atoms with van der Waals surface area (Å²) in [6.07, 6.45) is 3.04. The van der Waals surface area contributed by atoms with Gasteiger partial charge in [-0.25, -0.2) is 0 Å². The lowest BCUT2D eigenvalue weighted by Gasteiger charge is -2.15. The monoisotopic (exact) mass is 321 g/mol. The molecule has 0 fully saturated rings. The molecule has 1 aromatic rings. The highest BCUT2D eigenvalue weighted by atomic mass is 79.9. The molecule has 0 atom stereocenters. The zero-order valence-electron chi connectivity index (χ0n) is 11.7. The molecule has 0 aromatic heterocycles. The smallest absolute Gasteiger partial charge is 0.255 e. The van der Waals surface area contributed by atoms with Gasteiger partial charge in [0.25, 0.3) is 5.91 Å². The van der Waals surface area contributed by atoms with Gasteiger partial charge >= 0.3 is 0 Å². The molecular weight excluding hydrogens is 302 g/mol. The zero-order valence-corrected chi connectivity index (χ0v) is 13.3. The number of carbonyl (C=O) groups is 1. The van der Waals surface area contributed by atoms with Crippen molar-refractivity contribution < 1.29 is 4.79 Å². The van der Waals surface area contributed by atoms with E-state index in [0.717, 1.165) is 16.5 Å². The van der Waals surface area contributed by atoms with E-state index in [2.05, 4.69) is 54.7 Å². The fourth-order valence-electron chi connectivity index (χ4n) is 1.81. The summed E-state index contributed by atoms with van der Waals surface area (Å²) in [5, 5.41) is 2.86. The molecule has 0 radical (unpaired) electrons. The van der Waals surface area contributed by atoms with Gasteiger partial charge in [-0.3, -0.25) is 4.79 Å². The number of halogens is 1.